The second-order valence-electron chi connectivity index (χ2n) is 5.18. The van der Waals surface area contributed by atoms with E-state index in [9.17, 15) is 0 Å². The number of rotatable bonds is 3. The van der Waals surface area contributed by atoms with E-state index in [1.165, 1.54) is 0 Å². The highest BCUT2D eigenvalue weighted by Gasteiger charge is 2.16. The first-order chi connectivity index (χ1) is 11.3. The molecular formula is C17H15N5O. The molecule has 0 N–H and O–H groups in total. The molecule has 4 aromatic rings. The van der Waals surface area contributed by atoms with E-state index in [0.717, 1.165) is 28.2 Å². The first-order valence-corrected chi connectivity index (χ1v) is 7.25. The van der Waals surface area contributed by atoms with Crippen molar-refractivity contribution >= 4 is 28.2 Å². The maximum Gasteiger partial charge on any atom is 0.257 e. The minimum absolute atomic E-state index is 0.570. The van der Waals surface area contributed by atoms with E-state index in [-0.39, 0.29) is 0 Å². The summed E-state index contributed by atoms with van der Waals surface area (Å²) in [4.78, 5) is 6.68. The zero-order valence-electron chi connectivity index (χ0n) is 12.8. The van der Waals surface area contributed by atoms with E-state index in [1.54, 1.807) is 13.4 Å². The molecule has 0 aliphatic carbocycles. The molecule has 2 aromatic carbocycles. The number of hydrogen-bond donors (Lipinski definition) is 0. The monoisotopic (exact) mass is 305 g/mol. The lowest BCUT2D eigenvalue weighted by molar-refractivity contribution is 0.415. The molecule has 0 atom stereocenters. The van der Waals surface area contributed by atoms with Crippen molar-refractivity contribution in [1.82, 2.24) is 19.6 Å². The van der Waals surface area contributed by atoms with Crippen LogP contribution in [0.1, 0.15) is 0 Å². The molecule has 114 valence electrons. The highest BCUT2D eigenvalue weighted by molar-refractivity contribution is 5.93. The standard InChI is InChI=1S/C17H15N5O/c1-21(14-9-5-6-10-15(14)23-2)16-12-7-3-4-8-13(12)22-11-18-20-17(22)19-16/h3-11H,1-2H3. The first-order valence-electron chi connectivity index (χ1n) is 7.25. The first kappa shape index (κ1) is 13.5. The number of para-hydroxylation sites is 3. The number of methoxy groups -OCH3 is 1. The predicted octanol–water partition coefficient (Wildman–Crippen LogP) is 3.05. The molecular weight excluding hydrogens is 290 g/mol. The van der Waals surface area contributed by atoms with Crippen LogP contribution in [0.25, 0.3) is 16.7 Å². The Bertz CT molecular complexity index is 995. The fourth-order valence-corrected chi connectivity index (χ4v) is 2.78. The van der Waals surface area contributed by atoms with Gasteiger partial charge in [0.15, 0.2) is 0 Å². The molecule has 6 heteroatoms. The normalized spacial score (nSPS) is 11.0. The van der Waals surface area contributed by atoms with E-state index in [0.29, 0.717) is 5.78 Å². The van der Waals surface area contributed by atoms with E-state index in [4.69, 9.17) is 4.74 Å². The number of aromatic nitrogens is 4. The molecule has 0 radical (unpaired) electrons. The summed E-state index contributed by atoms with van der Waals surface area (Å²) in [5.41, 5.74) is 1.95. The van der Waals surface area contributed by atoms with Crippen LogP contribution in [0.15, 0.2) is 54.9 Å². The van der Waals surface area contributed by atoms with Gasteiger partial charge < -0.3 is 9.64 Å². The van der Waals surface area contributed by atoms with Crippen LogP contribution in [-0.2, 0) is 0 Å². The Morgan fingerprint density at radius 1 is 1.04 bits per heavy atom. The van der Waals surface area contributed by atoms with Crippen molar-refractivity contribution in [3.05, 3.63) is 54.9 Å². The molecule has 2 aromatic heterocycles. The third-order valence-electron chi connectivity index (χ3n) is 3.90. The lowest BCUT2D eigenvalue weighted by atomic mass is 10.2. The average Bonchev–Trinajstić information content (AvgIpc) is 3.09. The zero-order chi connectivity index (χ0) is 15.8. The van der Waals surface area contributed by atoms with Crippen molar-refractivity contribution in [2.24, 2.45) is 0 Å². The maximum absolute atomic E-state index is 5.47. The quantitative estimate of drug-likeness (QED) is 0.582. The molecule has 0 fully saturated rings. The minimum Gasteiger partial charge on any atom is -0.495 e. The van der Waals surface area contributed by atoms with E-state index >= 15 is 0 Å². The van der Waals surface area contributed by atoms with Gasteiger partial charge in [-0.05, 0) is 24.3 Å². The minimum atomic E-state index is 0.570. The van der Waals surface area contributed by atoms with E-state index < -0.39 is 0 Å². The Hall–Kier alpha value is -3.15. The summed E-state index contributed by atoms with van der Waals surface area (Å²) >= 11 is 0. The van der Waals surface area contributed by atoms with Gasteiger partial charge in [0.1, 0.15) is 17.9 Å². The molecule has 0 unspecified atom stereocenters. The van der Waals surface area contributed by atoms with Crippen LogP contribution in [0.2, 0.25) is 0 Å². The van der Waals surface area contributed by atoms with Crippen LogP contribution in [0.5, 0.6) is 5.75 Å². The van der Waals surface area contributed by atoms with Crippen LogP contribution in [0.4, 0.5) is 11.5 Å². The maximum atomic E-state index is 5.47. The highest BCUT2D eigenvalue weighted by Crippen LogP contribution is 2.34. The summed E-state index contributed by atoms with van der Waals surface area (Å²) in [5.74, 6) is 2.17. The summed E-state index contributed by atoms with van der Waals surface area (Å²) in [7, 11) is 3.64. The fraction of sp³-hybridized carbons (Fsp3) is 0.118. The smallest absolute Gasteiger partial charge is 0.257 e. The van der Waals surface area contributed by atoms with Gasteiger partial charge in [-0.1, -0.05) is 24.3 Å². The van der Waals surface area contributed by atoms with Crippen molar-refractivity contribution in [3.63, 3.8) is 0 Å². The Morgan fingerprint density at radius 2 is 1.83 bits per heavy atom. The number of ether oxygens (including phenoxy) is 1. The van der Waals surface area contributed by atoms with Gasteiger partial charge in [0, 0.05) is 12.4 Å². The van der Waals surface area contributed by atoms with Gasteiger partial charge in [0.25, 0.3) is 5.78 Å². The summed E-state index contributed by atoms with van der Waals surface area (Å²) in [6, 6.07) is 15.9. The molecule has 0 amide bonds. The van der Waals surface area contributed by atoms with Crippen LogP contribution in [0, 0.1) is 0 Å². The molecule has 0 spiro atoms. The van der Waals surface area contributed by atoms with E-state index in [2.05, 4.69) is 15.2 Å². The Labute approximate surface area is 133 Å². The topological polar surface area (TPSA) is 55.5 Å². The molecule has 0 saturated carbocycles. The van der Waals surface area contributed by atoms with Gasteiger partial charge in [0.2, 0.25) is 0 Å². The van der Waals surface area contributed by atoms with Crippen LogP contribution < -0.4 is 9.64 Å². The van der Waals surface area contributed by atoms with Crippen molar-refractivity contribution in [1.29, 1.82) is 0 Å². The Morgan fingerprint density at radius 3 is 2.70 bits per heavy atom. The predicted molar refractivity (Wildman–Crippen MR) is 89.3 cm³/mol. The van der Waals surface area contributed by atoms with Gasteiger partial charge >= 0.3 is 0 Å². The largest absolute Gasteiger partial charge is 0.495 e. The molecule has 0 bridgehead atoms. The van der Waals surface area contributed by atoms with E-state index in [1.807, 2.05) is 64.9 Å². The molecule has 4 rings (SSSR count). The summed E-state index contributed by atoms with van der Waals surface area (Å²) in [6.07, 6.45) is 1.68. The molecule has 0 saturated heterocycles. The molecule has 2 heterocycles. The zero-order valence-corrected chi connectivity index (χ0v) is 12.8. The van der Waals surface area contributed by atoms with Gasteiger partial charge in [0.05, 0.1) is 18.3 Å². The number of benzene rings is 2. The second-order valence-corrected chi connectivity index (χ2v) is 5.18. The molecule has 23 heavy (non-hydrogen) atoms. The van der Waals surface area contributed by atoms with Gasteiger partial charge in [-0.25, -0.2) is 0 Å². The lowest BCUT2D eigenvalue weighted by Crippen LogP contribution is -2.14. The summed E-state index contributed by atoms with van der Waals surface area (Å²) in [5, 5.41) is 9.08. The molecule has 6 nitrogen and oxygen atoms in total. The lowest BCUT2D eigenvalue weighted by Gasteiger charge is -2.22. The van der Waals surface area contributed by atoms with Gasteiger partial charge in [-0.15, -0.1) is 10.2 Å². The van der Waals surface area contributed by atoms with Crippen LogP contribution in [0.3, 0.4) is 0 Å². The number of hydrogen-bond acceptors (Lipinski definition) is 5. The summed E-state index contributed by atoms with van der Waals surface area (Å²) < 4.78 is 7.35. The van der Waals surface area contributed by atoms with Crippen molar-refractivity contribution in [2.45, 2.75) is 0 Å². The third-order valence-corrected chi connectivity index (χ3v) is 3.90. The Kier molecular flexibility index (Phi) is 3.08. The van der Waals surface area contributed by atoms with Crippen molar-refractivity contribution in [3.8, 4) is 5.75 Å². The van der Waals surface area contributed by atoms with Crippen LogP contribution >= 0.6 is 0 Å². The number of fused-ring (bicyclic) bond motifs is 3. The fourth-order valence-electron chi connectivity index (χ4n) is 2.78. The van der Waals surface area contributed by atoms with Crippen LogP contribution in [-0.4, -0.2) is 33.7 Å². The average molecular weight is 305 g/mol. The second kappa shape index (κ2) is 5.24. The van der Waals surface area contributed by atoms with Gasteiger partial charge in [-0.3, -0.25) is 4.40 Å². The number of nitrogens with zero attached hydrogens (tertiary/aromatic N) is 5. The highest BCUT2D eigenvalue weighted by atomic mass is 16.5. The summed E-state index contributed by atoms with van der Waals surface area (Å²) in [6.45, 7) is 0. The Balaban J connectivity index is 1.99. The SMILES string of the molecule is COc1ccccc1N(C)c1nc2nncn2c2ccccc12. The molecule has 0 aliphatic rings. The van der Waals surface area contributed by atoms with Crippen molar-refractivity contribution in [2.75, 3.05) is 19.1 Å². The molecule has 0 aliphatic heterocycles. The van der Waals surface area contributed by atoms with Gasteiger partial charge in [-0.2, -0.15) is 4.98 Å². The number of anilines is 2. The third kappa shape index (κ3) is 2.07. The van der Waals surface area contributed by atoms with Crippen molar-refractivity contribution < 1.29 is 4.74 Å².